The Morgan fingerprint density at radius 1 is 1.41 bits per heavy atom. The molecule has 4 nitrogen and oxygen atoms in total. The van der Waals surface area contributed by atoms with Crippen LogP contribution in [0, 0.1) is 5.41 Å². The van der Waals surface area contributed by atoms with Gasteiger partial charge in [-0.1, -0.05) is 26.8 Å². The SMILES string of the molecule is CCSCCOC(=O)C1=C(C)NC2=C(C(=O)CC(C)(C)C2)C1c1cccs1. The average Bonchev–Trinajstić information content (AvgIpc) is 3.10. The summed E-state index contributed by atoms with van der Waals surface area (Å²) >= 11 is 3.33. The Labute approximate surface area is 169 Å². The molecular formula is C21H27NO3S2. The van der Waals surface area contributed by atoms with Crippen LogP contribution in [0.3, 0.4) is 0 Å². The first-order valence-electron chi connectivity index (χ1n) is 9.36. The first kappa shape index (κ1) is 20.2. The Morgan fingerprint density at radius 3 is 2.85 bits per heavy atom. The Bertz CT molecular complexity index is 790. The fourth-order valence-corrected chi connectivity index (χ4v) is 5.20. The highest BCUT2D eigenvalue weighted by Gasteiger charge is 2.43. The van der Waals surface area contributed by atoms with Crippen LogP contribution in [0.1, 0.15) is 51.3 Å². The maximum atomic E-state index is 13.1. The molecule has 3 rings (SSSR count). The molecule has 1 atom stereocenters. The van der Waals surface area contributed by atoms with Crippen molar-refractivity contribution >= 4 is 34.9 Å². The van der Waals surface area contributed by atoms with Crippen molar-refractivity contribution in [3.8, 4) is 0 Å². The number of nitrogens with one attached hydrogen (secondary N) is 1. The van der Waals surface area contributed by atoms with E-state index < -0.39 is 0 Å². The van der Waals surface area contributed by atoms with Crippen molar-refractivity contribution in [2.75, 3.05) is 18.1 Å². The summed E-state index contributed by atoms with van der Waals surface area (Å²) in [6.45, 7) is 8.61. The predicted octanol–water partition coefficient (Wildman–Crippen LogP) is 4.65. The van der Waals surface area contributed by atoms with Gasteiger partial charge in [-0.05, 0) is 36.0 Å². The molecule has 1 N–H and O–H groups in total. The van der Waals surface area contributed by atoms with Crippen LogP contribution in [-0.4, -0.2) is 29.9 Å². The van der Waals surface area contributed by atoms with Gasteiger partial charge in [0.2, 0.25) is 0 Å². The van der Waals surface area contributed by atoms with Gasteiger partial charge < -0.3 is 10.1 Å². The van der Waals surface area contributed by atoms with E-state index in [0.29, 0.717) is 18.6 Å². The van der Waals surface area contributed by atoms with Gasteiger partial charge >= 0.3 is 5.97 Å². The molecule has 0 saturated carbocycles. The number of hydrogen-bond donors (Lipinski definition) is 1. The molecule has 1 aliphatic heterocycles. The molecule has 0 radical (unpaired) electrons. The molecule has 0 aromatic carbocycles. The van der Waals surface area contributed by atoms with E-state index in [1.807, 2.05) is 24.4 Å². The number of carbonyl (C=O) groups is 2. The number of ketones is 1. The number of thiophene rings is 1. The van der Waals surface area contributed by atoms with Crippen LogP contribution in [0.4, 0.5) is 0 Å². The number of esters is 1. The smallest absolute Gasteiger partial charge is 0.336 e. The number of hydrogen-bond acceptors (Lipinski definition) is 6. The molecule has 1 aromatic heterocycles. The van der Waals surface area contributed by atoms with Gasteiger partial charge in [-0.15, -0.1) is 11.3 Å². The highest BCUT2D eigenvalue weighted by molar-refractivity contribution is 7.99. The van der Waals surface area contributed by atoms with Gasteiger partial charge in [0.15, 0.2) is 5.78 Å². The van der Waals surface area contributed by atoms with Crippen LogP contribution in [-0.2, 0) is 14.3 Å². The molecule has 1 unspecified atom stereocenters. The van der Waals surface area contributed by atoms with Crippen LogP contribution in [0.2, 0.25) is 0 Å². The molecule has 1 aliphatic carbocycles. The number of Topliss-reactive ketones (excluding diaryl/α,β-unsaturated/α-hetero) is 1. The van der Waals surface area contributed by atoms with E-state index in [4.69, 9.17) is 4.74 Å². The Balaban J connectivity index is 1.96. The molecule has 0 fully saturated rings. The minimum Gasteiger partial charge on any atom is -0.461 e. The highest BCUT2D eigenvalue weighted by atomic mass is 32.2. The van der Waals surface area contributed by atoms with Crippen LogP contribution in [0.5, 0.6) is 0 Å². The summed E-state index contributed by atoms with van der Waals surface area (Å²) in [4.78, 5) is 27.0. The van der Waals surface area contributed by atoms with Gasteiger partial charge in [0.25, 0.3) is 0 Å². The molecule has 2 aliphatic rings. The van der Waals surface area contributed by atoms with E-state index in [1.165, 1.54) is 0 Å². The lowest BCUT2D eigenvalue weighted by Gasteiger charge is -2.39. The van der Waals surface area contributed by atoms with Gasteiger partial charge in [0.05, 0.1) is 11.5 Å². The van der Waals surface area contributed by atoms with E-state index >= 15 is 0 Å². The number of allylic oxidation sites excluding steroid dienone is 3. The summed E-state index contributed by atoms with van der Waals surface area (Å²) < 4.78 is 5.55. The number of carbonyl (C=O) groups excluding carboxylic acids is 2. The molecule has 2 heterocycles. The van der Waals surface area contributed by atoms with Crippen molar-refractivity contribution in [1.82, 2.24) is 5.32 Å². The van der Waals surface area contributed by atoms with E-state index in [9.17, 15) is 9.59 Å². The lowest BCUT2D eigenvalue weighted by Crippen LogP contribution is -2.38. The zero-order valence-corrected chi connectivity index (χ0v) is 18.0. The fraction of sp³-hybridized carbons (Fsp3) is 0.524. The van der Waals surface area contributed by atoms with Gasteiger partial charge in [0.1, 0.15) is 6.61 Å². The monoisotopic (exact) mass is 405 g/mol. The summed E-state index contributed by atoms with van der Waals surface area (Å²) in [5, 5.41) is 5.36. The molecule has 0 spiro atoms. The topological polar surface area (TPSA) is 55.4 Å². The molecule has 27 heavy (non-hydrogen) atoms. The number of rotatable bonds is 6. The van der Waals surface area contributed by atoms with E-state index in [0.717, 1.165) is 39.8 Å². The maximum Gasteiger partial charge on any atom is 0.336 e. The lowest BCUT2D eigenvalue weighted by atomic mass is 9.70. The van der Waals surface area contributed by atoms with E-state index in [2.05, 4.69) is 26.1 Å². The van der Waals surface area contributed by atoms with Crippen molar-refractivity contribution in [3.63, 3.8) is 0 Å². The third-order valence-corrected chi connectivity index (χ3v) is 6.75. The second-order valence-electron chi connectivity index (χ2n) is 7.78. The standard InChI is InChI=1S/C21H27NO3S2/c1-5-26-10-8-25-20(24)17-13(2)22-14-11-21(3,4)12-15(23)18(14)19(17)16-7-6-9-27-16/h6-7,9,19,22H,5,8,10-12H2,1-4H3. The van der Waals surface area contributed by atoms with E-state index in [-0.39, 0.29) is 23.1 Å². The molecule has 0 bridgehead atoms. The van der Waals surface area contributed by atoms with E-state index in [1.54, 1.807) is 23.1 Å². The third kappa shape index (κ3) is 4.32. The first-order valence-corrected chi connectivity index (χ1v) is 11.4. The predicted molar refractivity (Wildman–Crippen MR) is 112 cm³/mol. The van der Waals surface area contributed by atoms with Crippen molar-refractivity contribution in [1.29, 1.82) is 0 Å². The van der Waals surface area contributed by atoms with Crippen LogP contribution in [0.25, 0.3) is 0 Å². The maximum absolute atomic E-state index is 13.1. The largest absolute Gasteiger partial charge is 0.461 e. The zero-order valence-electron chi connectivity index (χ0n) is 16.4. The fourth-order valence-electron chi connectivity index (χ4n) is 3.86. The second kappa shape index (κ2) is 8.23. The second-order valence-corrected chi connectivity index (χ2v) is 10.2. The van der Waals surface area contributed by atoms with Gasteiger partial charge in [-0.3, -0.25) is 4.79 Å². The van der Waals surface area contributed by atoms with Crippen LogP contribution >= 0.6 is 23.1 Å². The normalized spacial score (nSPS) is 21.8. The van der Waals surface area contributed by atoms with Crippen molar-refractivity contribution < 1.29 is 14.3 Å². The summed E-state index contributed by atoms with van der Waals surface area (Å²) in [5.41, 5.74) is 3.01. The lowest BCUT2D eigenvalue weighted by molar-refractivity contribution is -0.138. The van der Waals surface area contributed by atoms with Crippen LogP contribution < -0.4 is 5.32 Å². The summed E-state index contributed by atoms with van der Waals surface area (Å²) in [6, 6.07) is 3.97. The Kier molecular flexibility index (Phi) is 6.16. The average molecular weight is 406 g/mol. The minimum atomic E-state index is -0.323. The summed E-state index contributed by atoms with van der Waals surface area (Å²) in [7, 11) is 0. The molecule has 1 aromatic rings. The summed E-state index contributed by atoms with van der Waals surface area (Å²) in [6.07, 6.45) is 1.31. The van der Waals surface area contributed by atoms with Crippen LogP contribution in [0.15, 0.2) is 40.1 Å². The van der Waals surface area contributed by atoms with Gasteiger partial charge in [0, 0.05) is 34.0 Å². The molecular weight excluding hydrogens is 378 g/mol. The first-order chi connectivity index (χ1) is 12.8. The highest BCUT2D eigenvalue weighted by Crippen LogP contribution is 2.47. The quantitative estimate of drug-likeness (QED) is 0.551. The Hall–Kier alpha value is -1.53. The van der Waals surface area contributed by atoms with Crippen molar-refractivity contribution in [3.05, 3.63) is 44.9 Å². The molecule has 0 saturated heterocycles. The number of ether oxygens (including phenoxy) is 1. The Morgan fingerprint density at radius 2 is 2.19 bits per heavy atom. The molecule has 6 heteroatoms. The van der Waals surface area contributed by atoms with Gasteiger partial charge in [-0.25, -0.2) is 4.79 Å². The third-order valence-electron chi connectivity index (χ3n) is 4.95. The molecule has 0 amide bonds. The number of dihydropyridines is 1. The minimum absolute atomic E-state index is 0.0708. The molecule has 146 valence electrons. The zero-order chi connectivity index (χ0) is 19.6. The van der Waals surface area contributed by atoms with Crippen molar-refractivity contribution in [2.45, 2.75) is 46.5 Å². The van der Waals surface area contributed by atoms with Gasteiger partial charge in [-0.2, -0.15) is 11.8 Å². The summed E-state index contributed by atoms with van der Waals surface area (Å²) in [5.74, 6) is 1.27. The van der Waals surface area contributed by atoms with Crippen molar-refractivity contribution in [2.24, 2.45) is 5.41 Å². The number of thioether (sulfide) groups is 1.